The third kappa shape index (κ3) is 3.63. The average Bonchev–Trinajstić information content (AvgIpc) is 3.33. The molecule has 7 heteroatoms. The van der Waals surface area contributed by atoms with Crippen LogP contribution in [0.15, 0.2) is 65.6 Å². The standard InChI is InChI=1S/C24H21N3O4/c1-2-30-24(29)20-21(28)19(11-15-13-26-22-16(15)9-6-10-25-22)31-23(20)27-18-12-17(18)14-7-4-3-5-8-14/h3-11,13,17-18,20H,2,12H2,1H3,(H,25,26)/b19-11-,27-23?/t17-,18+,20?/m0/s1. The molecule has 1 unspecified atom stereocenters. The number of hydrogen-bond acceptors (Lipinski definition) is 6. The molecule has 2 fully saturated rings. The van der Waals surface area contributed by atoms with Crippen molar-refractivity contribution in [1.29, 1.82) is 0 Å². The fraction of sp³-hybridized carbons (Fsp3) is 0.250. The molecule has 0 amide bonds. The summed E-state index contributed by atoms with van der Waals surface area (Å²) in [4.78, 5) is 37.5. The summed E-state index contributed by atoms with van der Waals surface area (Å²) in [5.74, 6) is -1.76. The summed E-state index contributed by atoms with van der Waals surface area (Å²) < 4.78 is 11.0. The summed E-state index contributed by atoms with van der Waals surface area (Å²) in [7, 11) is 0. The maximum absolute atomic E-state index is 13.0. The van der Waals surface area contributed by atoms with Gasteiger partial charge in [0.15, 0.2) is 11.7 Å². The number of carbonyl (C=O) groups is 2. The van der Waals surface area contributed by atoms with Gasteiger partial charge < -0.3 is 14.5 Å². The Balaban J connectivity index is 1.46. The van der Waals surface area contributed by atoms with Crippen LogP contribution >= 0.6 is 0 Å². The van der Waals surface area contributed by atoms with Gasteiger partial charge in [0, 0.05) is 29.3 Å². The minimum Gasteiger partial charge on any atom is -0.465 e. The van der Waals surface area contributed by atoms with Crippen LogP contribution in [0.3, 0.4) is 0 Å². The van der Waals surface area contributed by atoms with Crippen LogP contribution in [0.1, 0.15) is 30.4 Å². The first-order valence-corrected chi connectivity index (χ1v) is 10.3. The molecule has 1 aromatic carbocycles. The summed E-state index contributed by atoms with van der Waals surface area (Å²) in [6.45, 7) is 1.89. The van der Waals surface area contributed by atoms with E-state index < -0.39 is 17.7 Å². The van der Waals surface area contributed by atoms with Crippen LogP contribution in [-0.2, 0) is 19.1 Å². The number of nitrogens with one attached hydrogen (secondary N) is 1. The van der Waals surface area contributed by atoms with Gasteiger partial charge in [0.25, 0.3) is 0 Å². The minimum atomic E-state index is -1.16. The number of rotatable bonds is 5. The molecule has 1 aliphatic carbocycles. The Morgan fingerprint density at radius 3 is 2.94 bits per heavy atom. The third-order valence-corrected chi connectivity index (χ3v) is 5.54. The van der Waals surface area contributed by atoms with Crippen molar-refractivity contribution in [3.8, 4) is 0 Å². The molecule has 3 atom stereocenters. The van der Waals surface area contributed by atoms with Crippen LogP contribution < -0.4 is 0 Å². The Morgan fingerprint density at radius 1 is 1.29 bits per heavy atom. The van der Waals surface area contributed by atoms with E-state index in [0.717, 1.165) is 17.4 Å². The lowest BCUT2D eigenvalue weighted by atomic mass is 10.0. The first-order chi connectivity index (χ1) is 15.2. The summed E-state index contributed by atoms with van der Waals surface area (Å²) >= 11 is 0. The van der Waals surface area contributed by atoms with Gasteiger partial charge >= 0.3 is 5.97 Å². The van der Waals surface area contributed by atoms with Gasteiger partial charge in [0.05, 0.1) is 12.6 Å². The Labute approximate surface area is 178 Å². The molecule has 1 aliphatic heterocycles. The lowest BCUT2D eigenvalue weighted by molar-refractivity contribution is -0.147. The summed E-state index contributed by atoms with van der Waals surface area (Å²) in [6, 6.07) is 13.8. The second-order valence-electron chi connectivity index (χ2n) is 7.59. The van der Waals surface area contributed by atoms with Crippen molar-refractivity contribution in [2.24, 2.45) is 10.9 Å². The smallest absolute Gasteiger partial charge is 0.326 e. The number of pyridine rings is 1. The number of aromatic nitrogens is 2. The van der Waals surface area contributed by atoms with E-state index in [-0.39, 0.29) is 30.2 Å². The zero-order valence-corrected chi connectivity index (χ0v) is 16.9. The molecule has 3 heterocycles. The molecule has 5 rings (SSSR count). The molecule has 1 N–H and O–H groups in total. The van der Waals surface area contributed by atoms with Crippen LogP contribution in [0.5, 0.6) is 0 Å². The molecule has 0 spiro atoms. The molecule has 3 aromatic rings. The number of nitrogens with zero attached hydrogens (tertiary/aromatic N) is 2. The number of carbonyl (C=O) groups excluding carboxylic acids is 2. The number of hydrogen-bond donors (Lipinski definition) is 1. The Hall–Kier alpha value is -3.74. The van der Waals surface area contributed by atoms with Crippen molar-refractivity contribution < 1.29 is 19.1 Å². The second-order valence-corrected chi connectivity index (χ2v) is 7.59. The highest BCUT2D eigenvalue weighted by Gasteiger charge is 2.47. The number of Topliss-reactive ketones (excluding diaryl/α,β-unsaturated/α-hetero) is 1. The van der Waals surface area contributed by atoms with Crippen molar-refractivity contribution in [2.45, 2.75) is 25.3 Å². The zero-order valence-electron chi connectivity index (χ0n) is 16.9. The van der Waals surface area contributed by atoms with Crippen LogP contribution in [0.25, 0.3) is 17.1 Å². The average molecular weight is 415 g/mol. The predicted octanol–water partition coefficient (Wildman–Crippen LogP) is 3.64. The number of esters is 1. The van der Waals surface area contributed by atoms with E-state index in [4.69, 9.17) is 9.47 Å². The van der Waals surface area contributed by atoms with Gasteiger partial charge in [-0.25, -0.2) is 4.98 Å². The van der Waals surface area contributed by atoms with E-state index in [9.17, 15) is 9.59 Å². The number of aliphatic imine (C=N–C) groups is 1. The molecular weight excluding hydrogens is 394 g/mol. The van der Waals surface area contributed by atoms with E-state index in [1.165, 1.54) is 5.56 Å². The van der Waals surface area contributed by atoms with Gasteiger partial charge in [-0.3, -0.25) is 14.6 Å². The van der Waals surface area contributed by atoms with Crippen LogP contribution in [0.4, 0.5) is 0 Å². The van der Waals surface area contributed by atoms with E-state index in [2.05, 4.69) is 27.1 Å². The number of H-pyrrole nitrogens is 1. The maximum Gasteiger partial charge on any atom is 0.326 e. The molecule has 7 nitrogen and oxygen atoms in total. The van der Waals surface area contributed by atoms with Gasteiger partial charge in [0.2, 0.25) is 11.7 Å². The van der Waals surface area contributed by atoms with Crippen molar-refractivity contribution in [2.75, 3.05) is 6.61 Å². The van der Waals surface area contributed by atoms with Gasteiger partial charge in [-0.05, 0) is 37.1 Å². The first kappa shape index (κ1) is 19.2. The number of benzene rings is 1. The van der Waals surface area contributed by atoms with Crippen molar-refractivity contribution in [3.05, 3.63) is 71.7 Å². The lowest BCUT2D eigenvalue weighted by Gasteiger charge is -2.06. The minimum absolute atomic E-state index is 0.0150. The Morgan fingerprint density at radius 2 is 2.13 bits per heavy atom. The lowest BCUT2D eigenvalue weighted by Crippen LogP contribution is -2.28. The molecule has 0 radical (unpaired) electrons. The molecule has 31 heavy (non-hydrogen) atoms. The van der Waals surface area contributed by atoms with Crippen LogP contribution in [0, 0.1) is 5.92 Å². The third-order valence-electron chi connectivity index (χ3n) is 5.54. The van der Waals surface area contributed by atoms with E-state index in [1.54, 1.807) is 25.4 Å². The number of aromatic amines is 1. The molecule has 0 bridgehead atoms. The molecule has 2 aromatic heterocycles. The highest BCUT2D eigenvalue weighted by Crippen LogP contribution is 2.44. The van der Waals surface area contributed by atoms with Gasteiger partial charge in [-0.15, -0.1) is 0 Å². The molecule has 2 aliphatic rings. The van der Waals surface area contributed by atoms with Crippen LogP contribution in [0.2, 0.25) is 0 Å². The highest BCUT2D eigenvalue weighted by molar-refractivity contribution is 6.27. The van der Waals surface area contributed by atoms with E-state index in [0.29, 0.717) is 5.65 Å². The largest absolute Gasteiger partial charge is 0.465 e. The Bertz CT molecular complexity index is 1210. The Kier molecular flexibility index (Phi) is 4.86. The summed E-state index contributed by atoms with van der Waals surface area (Å²) in [5.41, 5.74) is 2.65. The normalized spacial score (nSPS) is 25.2. The fourth-order valence-corrected chi connectivity index (χ4v) is 3.90. The number of ketones is 1. The molecule has 1 saturated carbocycles. The van der Waals surface area contributed by atoms with Gasteiger partial charge in [-0.2, -0.15) is 0 Å². The monoisotopic (exact) mass is 415 g/mol. The predicted molar refractivity (Wildman–Crippen MR) is 115 cm³/mol. The van der Waals surface area contributed by atoms with E-state index >= 15 is 0 Å². The number of ether oxygens (including phenoxy) is 2. The van der Waals surface area contributed by atoms with Crippen molar-refractivity contribution in [3.63, 3.8) is 0 Å². The number of fused-ring (bicyclic) bond motifs is 1. The zero-order chi connectivity index (χ0) is 21.4. The highest BCUT2D eigenvalue weighted by atomic mass is 16.5. The van der Waals surface area contributed by atoms with Gasteiger partial charge in [0.1, 0.15) is 5.65 Å². The van der Waals surface area contributed by atoms with Crippen molar-refractivity contribution in [1.82, 2.24) is 9.97 Å². The quantitative estimate of drug-likeness (QED) is 0.390. The van der Waals surface area contributed by atoms with Crippen LogP contribution in [-0.4, -0.2) is 40.3 Å². The summed E-state index contributed by atoms with van der Waals surface area (Å²) in [5, 5.41) is 0.857. The first-order valence-electron chi connectivity index (χ1n) is 10.3. The van der Waals surface area contributed by atoms with E-state index in [1.807, 2.05) is 30.3 Å². The second kappa shape index (κ2) is 7.83. The van der Waals surface area contributed by atoms with Gasteiger partial charge in [-0.1, -0.05) is 30.3 Å². The molecule has 1 saturated heterocycles. The summed E-state index contributed by atoms with van der Waals surface area (Å²) in [6.07, 6.45) is 5.92. The SMILES string of the molecule is CCOC(=O)C1C(=O)/C(=C/c2c[nH]c3ncccc23)OC1=N[C@@H]1C[C@H]1c1ccccc1. The number of allylic oxidation sites excluding steroid dienone is 1. The fourth-order valence-electron chi connectivity index (χ4n) is 3.90. The molecular formula is C24H21N3O4. The maximum atomic E-state index is 13.0. The topological polar surface area (TPSA) is 93.6 Å². The van der Waals surface area contributed by atoms with Crippen molar-refractivity contribution >= 4 is 34.8 Å². The molecule has 156 valence electrons.